The van der Waals surface area contributed by atoms with Crippen LogP contribution in [0, 0.1) is 5.92 Å². The highest BCUT2D eigenvalue weighted by atomic mass is 19.4. The van der Waals surface area contributed by atoms with Crippen molar-refractivity contribution >= 4 is 11.8 Å². The lowest BCUT2D eigenvalue weighted by molar-refractivity contribution is -0.139. The monoisotopic (exact) mass is 394 g/mol. The Morgan fingerprint density at radius 2 is 2.11 bits per heavy atom. The van der Waals surface area contributed by atoms with E-state index >= 15 is 0 Å². The van der Waals surface area contributed by atoms with Crippen molar-refractivity contribution < 1.29 is 22.8 Å². The minimum Gasteiger partial charge on any atom is -0.354 e. The number of benzene rings is 1. The van der Waals surface area contributed by atoms with Gasteiger partial charge in [-0.3, -0.25) is 14.3 Å². The molecule has 9 heteroatoms. The van der Waals surface area contributed by atoms with Crippen LogP contribution in [0.3, 0.4) is 0 Å². The second-order valence-corrected chi connectivity index (χ2v) is 6.77. The van der Waals surface area contributed by atoms with E-state index in [4.69, 9.17) is 0 Å². The lowest BCUT2D eigenvalue weighted by Crippen LogP contribution is -2.45. The Balaban J connectivity index is 1.56. The normalized spacial score (nSPS) is 17.6. The number of alkyl halides is 3. The molecule has 2 amide bonds. The SMILES string of the molecule is O=C(NCCn1cccn1)[C@H]1CCC(=O)N(Cc2cccc(C(F)(F)F)c2)C1. The van der Waals surface area contributed by atoms with Crippen molar-refractivity contribution in [3.63, 3.8) is 0 Å². The van der Waals surface area contributed by atoms with Gasteiger partial charge in [0.25, 0.3) is 0 Å². The van der Waals surface area contributed by atoms with Crippen LogP contribution in [-0.2, 0) is 28.9 Å². The Kier molecular flexibility index (Phi) is 6.01. The van der Waals surface area contributed by atoms with Crippen LogP contribution in [0.2, 0.25) is 0 Å². The van der Waals surface area contributed by atoms with Gasteiger partial charge in [0.1, 0.15) is 0 Å². The van der Waals surface area contributed by atoms with E-state index in [9.17, 15) is 22.8 Å². The fraction of sp³-hybridized carbons (Fsp3) is 0.421. The minimum absolute atomic E-state index is 0.0554. The number of carbonyl (C=O) groups is 2. The second-order valence-electron chi connectivity index (χ2n) is 6.77. The third kappa shape index (κ3) is 5.11. The number of carbonyl (C=O) groups excluding carboxylic acids is 2. The molecule has 2 heterocycles. The Morgan fingerprint density at radius 3 is 2.82 bits per heavy atom. The minimum atomic E-state index is -4.43. The number of hydrogen-bond acceptors (Lipinski definition) is 3. The molecule has 1 atom stereocenters. The van der Waals surface area contributed by atoms with Gasteiger partial charge in [0.05, 0.1) is 18.0 Å². The molecule has 0 unspecified atom stereocenters. The van der Waals surface area contributed by atoms with Crippen molar-refractivity contribution in [2.24, 2.45) is 5.92 Å². The molecule has 1 N–H and O–H groups in total. The Labute approximate surface area is 160 Å². The van der Waals surface area contributed by atoms with Crippen LogP contribution < -0.4 is 5.32 Å². The van der Waals surface area contributed by atoms with Crippen molar-refractivity contribution in [1.29, 1.82) is 0 Å². The summed E-state index contributed by atoms with van der Waals surface area (Å²) in [7, 11) is 0. The summed E-state index contributed by atoms with van der Waals surface area (Å²) in [6.45, 7) is 1.21. The largest absolute Gasteiger partial charge is 0.416 e. The number of aromatic nitrogens is 2. The standard InChI is InChI=1S/C19H21F3N4O2/c20-19(21,22)16-4-1-3-14(11-16)12-25-13-15(5-6-17(25)27)18(28)23-8-10-26-9-2-7-24-26/h1-4,7,9,11,15H,5-6,8,10,12-13H2,(H,23,28)/t15-/m0/s1. The van der Waals surface area contributed by atoms with E-state index in [0.29, 0.717) is 25.1 Å². The van der Waals surface area contributed by atoms with E-state index in [-0.39, 0.29) is 37.2 Å². The predicted molar refractivity (Wildman–Crippen MR) is 94.8 cm³/mol. The average Bonchev–Trinajstić information content (AvgIpc) is 3.16. The molecule has 0 bridgehead atoms. The topological polar surface area (TPSA) is 67.2 Å². The van der Waals surface area contributed by atoms with Crippen molar-refractivity contribution in [2.75, 3.05) is 13.1 Å². The summed E-state index contributed by atoms with van der Waals surface area (Å²) >= 11 is 0. The first kappa shape index (κ1) is 19.9. The van der Waals surface area contributed by atoms with Crippen molar-refractivity contribution in [3.8, 4) is 0 Å². The Hall–Kier alpha value is -2.84. The summed E-state index contributed by atoms with van der Waals surface area (Å²) < 4.78 is 40.3. The second kappa shape index (κ2) is 8.45. The summed E-state index contributed by atoms with van der Waals surface area (Å²) in [5.74, 6) is -0.687. The zero-order valence-corrected chi connectivity index (χ0v) is 15.2. The number of piperidine rings is 1. The first-order valence-corrected chi connectivity index (χ1v) is 9.02. The van der Waals surface area contributed by atoms with Gasteiger partial charge in [0, 0.05) is 38.4 Å². The maximum Gasteiger partial charge on any atom is 0.416 e. The molecule has 150 valence electrons. The highest BCUT2D eigenvalue weighted by Crippen LogP contribution is 2.30. The molecule has 1 aromatic heterocycles. The van der Waals surface area contributed by atoms with E-state index in [1.165, 1.54) is 11.0 Å². The molecular weight excluding hydrogens is 373 g/mol. The molecule has 0 radical (unpaired) electrons. The zero-order valence-electron chi connectivity index (χ0n) is 15.2. The van der Waals surface area contributed by atoms with Gasteiger partial charge in [-0.25, -0.2) is 0 Å². The maximum atomic E-state index is 12.9. The summed E-state index contributed by atoms with van der Waals surface area (Å²) in [5.41, 5.74) is -0.356. The van der Waals surface area contributed by atoms with Crippen LogP contribution in [0.25, 0.3) is 0 Å². The fourth-order valence-corrected chi connectivity index (χ4v) is 3.22. The Morgan fingerprint density at radius 1 is 1.29 bits per heavy atom. The number of nitrogens with zero attached hydrogens (tertiary/aromatic N) is 3. The molecule has 0 spiro atoms. The summed E-state index contributed by atoms with van der Waals surface area (Å²) in [5, 5.41) is 6.88. The van der Waals surface area contributed by atoms with Crippen molar-refractivity contribution in [2.45, 2.75) is 32.1 Å². The van der Waals surface area contributed by atoms with Gasteiger partial charge in [-0.1, -0.05) is 12.1 Å². The first-order chi connectivity index (χ1) is 13.3. The van der Waals surface area contributed by atoms with Crippen LogP contribution in [-0.4, -0.2) is 39.6 Å². The van der Waals surface area contributed by atoms with Gasteiger partial charge in [0.15, 0.2) is 0 Å². The molecule has 3 rings (SSSR count). The van der Waals surface area contributed by atoms with Crippen LogP contribution >= 0.6 is 0 Å². The van der Waals surface area contributed by atoms with Gasteiger partial charge in [-0.2, -0.15) is 18.3 Å². The van der Waals surface area contributed by atoms with Crippen LogP contribution in [0.5, 0.6) is 0 Å². The lowest BCUT2D eigenvalue weighted by Gasteiger charge is -2.32. The van der Waals surface area contributed by atoms with Crippen molar-refractivity contribution in [3.05, 3.63) is 53.9 Å². The third-order valence-electron chi connectivity index (χ3n) is 4.70. The molecule has 28 heavy (non-hydrogen) atoms. The molecule has 1 aromatic carbocycles. The van der Waals surface area contributed by atoms with E-state index in [2.05, 4.69) is 10.4 Å². The van der Waals surface area contributed by atoms with E-state index in [0.717, 1.165) is 12.1 Å². The third-order valence-corrected chi connectivity index (χ3v) is 4.70. The molecule has 0 aliphatic carbocycles. The highest BCUT2D eigenvalue weighted by molar-refractivity contribution is 5.83. The smallest absolute Gasteiger partial charge is 0.354 e. The van der Waals surface area contributed by atoms with Gasteiger partial charge in [-0.05, 0) is 30.2 Å². The molecule has 1 fully saturated rings. The van der Waals surface area contributed by atoms with Gasteiger partial charge >= 0.3 is 6.18 Å². The van der Waals surface area contributed by atoms with Crippen LogP contribution in [0.4, 0.5) is 13.2 Å². The molecule has 1 saturated heterocycles. The van der Waals surface area contributed by atoms with E-state index < -0.39 is 11.7 Å². The number of hydrogen-bond donors (Lipinski definition) is 1. The lowest BCUT2D eigenvalue weighted by atomic mass is 9.96. The van der Waals surface area contributed by atoms with Gasteiger partial charge in [-0.15, -0.1) is 0 Å². The molecule has 2 aromatic rings. The number of halogens is 3. The number of likely N-dealkylation sites (tertiary alicyclic amines) is 1. The summed E-state index contributed by atoms with van der Waals surface area (Å²) in [4.78, 5) is 26.0. The molecule has 1 aliphatic rings. The zero-order chi connectivity index (χ0) is 20.1. The average molecular weight is 394 g/mol. The van der Waals surface area contributed by atoms with Crippen molar-refractivity contribution in [1.82, 2.24) is 20.0 Å². The summed E-state index contributed by atoms with van der Waals surface area (Å²) in [6, 6.07) is 6.71. The fourth-order valence-electron chi connectivity index (χ4n) is 3.22. The van der Waals surface area contributed by atoms with E-state index in [1.807, 2.05) is 0 Å². The molecule has 0 saturated carbocycles. The molecular formula is C19H21F3N4O2. The van der Waals surface area contributed by atoms with Crippen LogP contribution in [0.1, 0.15) is 24.0 Å². The number of rotatable bonds is 6. The maximum absolute atomic E-state index is 12.9. The van der Waals surface area contributed by atoms with E-state index in [1.54, 1.807) is 29.2 Å². The van der Waals surface area contributed by atoms with Crippen LogP contribution in [0.15, 0.2) is 42.7 Å². The van der Waals surface area contributed by atoms with Gasteiger partial charge < -0.3 is 10.2 Å². The van der Waals surface area contributed by atoms with Gasteiger partial charge in [0.2, 0.25) is 11.8 Å². The first-order valence-electron chi connectivity index (χ1n) is 9.02. The molecule has 6 nitrogen and oxygen atoms in total. The summed E-state index contributed by atoms with van der Waals surface area (Å²) in [6.07, 6.45) is -0.344. The quantitative estimate of drug-likeness (QED) is 0.819. The predicted octanol–water partition coefficient (Wildman–Crippen LogP) is 2.46. The number of amides is 2. The Bertz CT molecular complexity index is 821. The molecule has 1 aliphatic heterocycles. The number of nitrogens with one attached hydrogen (secondary N) is 1. The highest BCUT2D eigenvalue weighted by Gasteiger charge is 2.32.